The first-order valence-electron chi connectivity index (χ1n) is 6.87. The maximum Gasteiger partial charge on any atom is 0.0670 e. The van der Waals surface area contributed by atoms with Gasteiger partial charge in [-0.1, -0.05) is 0 Å². The standard InChI is InChI=1S/C15H22N4/c1-19-8-2-3-12(11-19)10-18-14-4-5-15(17)13(9-14)6-7-16/h4-5,9,12,18H,2-3,6,8,10-11,17H2,1H3. The number of anilines is 2. The van der Waals surface area contributed by atoms with Crippen LogP contribution < -0.4 is 11.1 Å². The smallest absolute Gasteiger partial charge is 0.0670 e. The summed E-state index contributed by atoms with van der Waals surface area (Å²) in [7, 11) is 2.18. The first-order chi connectivity index (χ1) is 9.19. The maximum absolute atomic E-state index is 8.77. The summed E-state index contributed by atoms with van der Waals surface area (Å²) in [5.41, 5.74) is 8.52. The van der Waals surface area contributed by atoms with Crippen molar-refractivity contribution in [2.75, 3.05) is 37.7 Å². The van der Waals surface area contributed by atoms with Gasteiger partial charge in [0.2, 0.25) is 0 Å². The van der Waals surface area contributed by atoms with E-state index in [2.05, 4.69) is 23.3 Å². The minimum Gasteiger partial charge on any atom is -0.398 e. The summed E-state index contributed by atoms with van der Waals surface area (Å²) >= 11 is 0. The summed E-state index contributed by atoms with van der Waals surface area (Å²) in [6, 6.07) is 8.01. The summed E-state index contributed by atoms with van der Waals surface area (Å²) in [5.74, 6) is 0.704. The lowest BCUT2D eigenvalue weighted by Crippen LogP contribution is -2.35. The average molecular weight is 258 g/mol. The van der Waals surface area contributed by atoms with Gasteiger partial charge in [-0.3, -0.25) is 0 Å². The molecular weight excluding hydrogens is 236 g/mol. The van der Waals surface area contributed by atoms with Crippen molar-refractivity contribution in [3.8, 4) is 6.07 Å². The van der Waals surface area contributed by atoms with E-state index < -0.39 is 0 Å². The molecule has 102 valence electrons. The van der Waals surface area contributed by atoms with Crippen molar-refractivity contribution in [2.24, 2.45) is 5.92 Å². The van der Waals surface area contributed by atoms with Gasteiger partial charge < -0.3 is 16.0 Å². The van der Waals surface area contributed by atoms with Crippen molar-refractivity contribution in [3.63, 3.8) is 0 Å². The summed E-state index contributed by atoms with van der Waals surface area (Å²) in [5, 5.41) is 12.2. The van der Waals surface area contributed by atoms with Gasteiger partial charge in [-0.05, 0) is 56.1 Å². The third kappa shape index (κ3) is 3.87. The predicted molar refractivity (Wildman–Crippen MR) is 78.9 cm³/mol. The molecule has 1 aromatic rings. The van der Waals surface area contributed by atoms with E-state index in [1.165, 1.54) is 19.4 Å². The minimum absolute atomic E-state index is 0.369. The highest BCUT2D eigenvalue weighted by molar-refractivity contribution is 5.58. The van der Waals surface area contributed by atoms with Crippen molar-refractivity contribution in [1.29, 1.82) is 5.26 Å². The fourth-order valence-corrected chi connectivity index (χ4v) is 2.66. The second-order valence-corrected chi connectivity index (χ2v) is 5.40. The highest BCUT2D eigenvalue weighted by Gasteiger charge is 2.16. The first kappa shape index (κ1) is 13.7. The summed E-state index contributed by atoms with van der Waals surface area (Å²) in [6.45, 7) is 3.36. The van der Waals surface area contributed by atoms with Crippen LogP contribution in [-0.2, 0) is 6.42 Å². The van der Waals surface area contributed by atoms with Crippen LogP contribution in [0.5, 0.6) is 0 Å². The largest absolute Gasteiger partial charge is 0.398 e. The van der Waals surface area contributed by atoms with Gasteiger partial charge in [-0.2, -0.15) is 5.26 Å². The molecule has 0 bridgehead atoms. The molecule has 0 saturated carbocycles. The number of hydrogen-bond acceptors (Lipinski definition) is 4. The van der Waals surface area contributed by atoms with E-state index in [1.807, 2.05) is 18.2 Å². The second-order valence-electron chi connectivity index (χ2n) is 5.40. The SMILES string of the molecule is CN1CCCC(CNc2ccc(N)c(CC#N)c2)C1. The number of nitriles is 1. The number of nitrogens with one attached hydrogen (secondary N) is 1. The van der Waals surface area contributed by atoms with E-state index in [0.29, 0.717) is 18.0 Å². The molecule has 0 radical (unpaired) electrons. The number of piperidine rings is 1. The van der Waals surface area contributed by atoms with Crippen molar-refractivity contribution < 1.29 is 0 Å². The monoisotopic (exact) mass is 258 g/mol. The van der Waals surface area contributed by atoms with Crippen LogP contribution in [0.3, 0.4) is 0 Å². The highest BCUT2D eigenvalue weighted by Crippen LogP contribution is 2.20. The third-order valence-corrected chi connectivity index (χ3v) is 3.73. The van der Waals surface area contributed by atoms with Crippen LogP contribution in [0.15, 0.2) is 18.2 Å². The van der Waals surface area contributed by atoms with Crippen molar-refractivity contribution >= 4 is 11.4 Å². The third-order valence-electron chi connectivity index (χ3n) is 3.73. The van der Waals surface area contributed by atoms with E-state index in [4.69, 9.17) is 11.0 Å². The molecule has 0 aliphatic carbocycles. The molecule has 0 amide bonds. The average Bonchev–Trinajstić information content (AvgIpc) is 2.40. The van der Waals surface area contributed by atoms with E-state index in [-0.39, 0.29) is 0 Å². The molecule has 4 heteroatoms. The Hall–Kier alpha value is -1.73. The zero-order valence-corrected chi connectivity index (χ0v) is 11.5. The number of nitrogens with zero attached hydrogens (tertiary/aromatic N) is 2. The van der Waals surface area contributed by atoms with Gasteiger partial charge in [-0.15, -0.1) is 0 Å². The van der Waals surface area contributed by atoms with Gasteiger partial charge >= 0.3 is 0 Å². The van der Waals surface area contributed by atoms with Crippen molar-refractivity contribution in [2.45, 2.75) is 19.3 Å². The Kier molecular flexibility index (Phi) is 4.64. The fourth-order valence-electron chi connectivity index (χ4n) is 2.66. The lowest BCUT2D eigenvalue weighted by atomic mass is 9.98. The minimum atomic E-state index is 0.369. The van der Waals surface area contributed by atoms with E-state index in [9.17, 15) is 0 Å². The summed E-state index contributed by atoms with van der Waals surface area (Å²) < 4.78 is 0. The van der Waals surface area contributed by atoms with Crippen LogP contribution in [-0.4, -0.2) is 31.6 Å². The van der Waals surface area contributed by atoms with Crippen LogP contribution in [0.1, 0.15) is 18.4 Å². The van der Waals surface area contributed by atoms with Gasteiger partial charge in [0.1, 0.15) is 0 Å². The van der Waals surface area contributed by atoms with Crippen LogP contribution in [0.2, 0.25) is 0 Å². The Morgan fingerprint density at radius 1 is 1.53 bits per heavy atom. The molecule has 1 unspecified atom stereocenters. The zero-order chi connectivity index (χ0) is 13.7. The molecule has 0 aromatic heterocycles. The number of nitrogen functional groups attached to an aromatic ring is 1. The van der Waals surface area contributed by atoms with Crippen LogP contribution in [0, 0.1) is 17.2 Å². The lowest BCUT2D eigenvalue weighted by molar-refractivity contribution is 0.217. The van der Waals surface area contributed by atoms with Crippen LogP contribution >= 0.6 is 0 Å². The molecule has 0 spiro atoms. The van der Waals surface area contributed by atoms with Crippen molar-refractivity contribution in [1.82, 2.24) is 4.90 Å². The van der Waals surface area contributed by atoms with Gasteiger partial charge in [-0.25, -0.2) is 0 Å². The molecule has 1 aliphatic rings. The predicted octanol–water partition coefficient (Wildman–Crippen LogP) is 2.09. The molecule has 2 rings (SSSR count). The van der Waals surface area contributed by atoms with Gasteiger partial charge in [0.25, 0.3) is 0 Å². The zero-order valence-electron chi connectivity index (χ0n) is 11.5. The lowest BCUT2D eigenvalue weighted by Gasteiger charge is -2.30. The molecule has 1 aliphatic heterocycles. The molecule has 3 N–H and O–H groups in total. The normalized spacial score (nSPS) is 19.9. The quantitative estimate of drug-likeness (QED) is 0.812. The van der Waals surface area contributed by atoms with Crippen molar-refractivity contribution in [3.05, 3.63) is 23.8 Å². The van der Waals surface area contributed by atoms with Gasteiger partial charge in [0.05, 0.1) is 12.5 Å². The highest BCUT2D eigenvalue weighted by atomic mass is 15.1. The number of rotatable bonds is 4. The Bertz CT molecular complexity index is 464. The van der Waals surface area contributed by atoms with Crippen LogP contribution in [0.25, 0.3) is 0 Å². The Morgan fingerprint density at radius 3 is 3.11 bits per heavy atom. The Morgan fingerprint density at radius 2 is 2.37 bits per heavy atom. The number of benzene rings is 1. The molecule has 19 heavy (non-hydrogen) atoms. The maximum atomic E-state index is 8.77. The molecular formula is C15H22N4. The molecule has 1 atom stereocenters. The number of hydrogen-bond donors (Lipinski definition) is 2. The molecule has 1 aromatic carbocycles. The molecule has 4 nitrogen and oxygen atoms in total. The van der Waals surface area contributed by atoms with Gasteiger partial charge in [0.15, 0.2) is 0 Å². The first-order valence-corrected chi connectivity index (χ1v) is 6.87. The van der Waals surface area contributed by atoms with Crippen LogP contribution in [0.4, 0.5) is 11.4 Å². The summed E-state index contributed by atoms with van der Waals surface area (Å²) in [6.07, 6.45) is 2.94. The number of nitrogens with two attached hydrogens (primary N) is 1. The Balaban J connectivity index is 1.92. The molecule has 1 saturated heterocycles. The van der Waals surface area contributed by atoms with E-state index >= 15 is 0 Å². The topological polar surface area (TPSA) is 65.1 Å². The fraction of sp³-hybridized carbons (Fsp3) is 0.533. The molecule has 1 fully saturated rings. The second kappa shape index (κ2) is 6.44. The number of likely N-dealkylation sites (tertiary alicyclic amines) is 1. The van der Waals surface area contributed by atoms with Gasteiger partial charge in [0, 0.05) is 24.5 Å². The van der Waals surface area contributed by atoms with E-state index in [1.54, 1.807) is 0 Å². The summed E-state index contributed by atoms with van der Waals surface area (Å²) in [4.78, 5) is 2.39. The molecule has 1 heterocycles. The van der Waals surface area contributed by atoms with E-state index in [0.717, 1.165) is 24.3 Å². The Labute approximate surface area is 115 Å².